The molecule has 38 valence electrons. The summed E-state index contributed by atoms with van der Waals surface area (Å²) in [7, 11) is 0. The molecule has 0 radical (unpaired) electrons. The van der Waals surface area contributed by atoms with E-state index in [9.17, 15) is 0 Å². The fraction of sp³-hybridized carbons (Fsp3) is 1.00. The Morgan fingerprint density at radius 2 is 2.14 bits per heavy atom. The van der Waals surface area contributed by atoms with E-state index in [2.05, 4.69) is 23.2 Å². The van der Waals surface area contributed by atoms with E-state index in [0.29, 0.717) is 0 Å². The van der Waals surface area contributed by atoms with Crippen molar-refractivity contribution in [2.75, 3.05) is 13.2 Å². The van der Waals surface area contributed by atoms with Crippen LogP contribution in [-0.4, -0.2) is 29.5 Å². The molecule has 2 heteroatoms. The van der Waals surface area contributed by atoms with E-state index in [0.717, 1.165) is 24.9 Å². The Morgan fingerprint density at radius 3 is 2.57 bits per heavy atom. The molecule has 0 amide bonds. The van der Waals surface area contributed by atoms with Crippen LogP contribution in [0.3, 0.4) is 0 Å². The first-order chi connectivity index (χ1) is 3.41. The van der Waals surface area contributed by atoms with Crippen molar-refractivity contribution in [3.8, 4) is 0 Å². The van der Waals surface area contributed by atoms with Crippen molar-refractivity contribution in [2.24, 2.45) is 0 Å². The Hall–Kier alpha value is 0.492. The van der Waals surface area contributed by atoms with Gasteiger partial charge in [-0.15, -0.1) is 0 Å². The van der Waals surface area contributed by atoms with Crippen LogP contribution >= 0.6 is 0 Å². The summed E-state index contributed by atoms with van der Waals surface area (Å²) in [6.45, 7) is 3.91. The van der Waals surface area contributed by atoms with Gasteiger partial charge in [0.05, 0.1) is 0 Å². The van der Waals surface area contributed by atoms with Crippen molar-refractivity contribution in [2.45, 2.75) is 18.6 Å². The molecule has 0 aliphatic carbocycles. The predicted molar refractivity (Wildman–Crippen MR) is 31.7 cm³/mol. The first kappa shape index (κ1) is 7.49. The van der Waals surface area contributed by atoms with Gasteiger partial charge in [0.1, 0.15) is 0 Å². The minimum absolute atomic E-state index is 0.887. The van der Waals surface area contributed by atoms with E-state index in [1.165, 1.54) is 0 Å². The van der Waals surface area contributed by atoms with Gasteiger partial charge in [0, 0.05) is 0 Å². The molecule has 0 N–H and O–H groups in total. The summed E-state index contributed by atoms with van der Waals surface area (Å²) in [6, 6.07) is 0. The van der Waals surface area contributed by atoms with Crippen LogP contribution in [0, 0.1) is 0 Å². The molecule has 0 aliphatic rings. The van der Waals surface area contributed by atoms with E-state index in [4.69, 9.17) is 4.74 Å². The Labute approximate surface area is 53.5 Å². The van der Waals surface area contributed by atoms with Gasteiger partial charge in [0.15, 0.2) is 0 Å². The summed E-state index contributed by atoms with van der Waals surface area (Å²) in [5, 5.41) is 1.06. The van der Waals surface area contributed by atoms with Crippen molar-refractivity contribution in [3.63, 3.8) is 0 Å². The third-order valence-electron chi connectivity index (χ3n) is 0.611. The standard InChI is InChI=1S/C5H11O.Al/c1-3-5-6-4-2;/h2-5H2,1H3;/q;+2. The summed E-state index contributed by atoms with van der Waals surface area (Å²) < 4.78 is 5.11. The number of hydrogen-bond acceptors (Lipinski definition) is 1. The molecular formula is C5H11AlO+2. The molecule has 0 spiro atoms. The molecule has 1 nitrogen and oxygen atoms in total. The Morgan fingerprint density at radius 1 is 1.43 bits per heavy atom. The van der Waals surface area contributed by atoms with Gasteiger partial charge in [-0.05, 0) is 0 Å². The van der Waals surface area contributed by atoms with E-state index in [1.807, 2.05) is 0 Å². The first-order valence-electron chi connectivity index (χ1n) is 2.69. The second kappa shape index (κ2) is 6.49. The summed E-state index contributed by atoms with van der Waals surface area (Å²) in [6.07, 6.45) is 1.13. The second-order valence-corrected chi connectivity index (χ2v) is 1.98. The van der Waals surface area contributed by atoms with Gasteiger partial charge in [0.2, 0.25) is 0 Å². The van der Waals surface area contributed by atoms with Gasteiger partial charge in [-0.3, -0.25) is 0 Å². The SMILES string of the molecule is CCCOC[CH2][Al+2]. The van der Waals surface area contributed by atoms with Crippen LogP contribution in [0.15, 0.2) is 0 Å². The normalized spacial score (nSPS) is 9.57. The molecule has 0 aromatic carbocycles. The van der Waals surface area contributed by atoms with Crippen LogP contribution < -0.4 is 0 Å². The van der Waals surface area contributed by atoms with E-state index < -0.39 is 0 Å². The molecule has 0 saturated heterocycles. The average Bonchev–Trinajstić information content (AvgIpc) is 1.69. The zero-order chi connectivity index (χ0) is 5.54. The van der Waals surface area contributed by atoms with E-state index in [-0.39, 0.29) is 0 Å². The summed E-state index contributed by atoms with van der Waals surface area (Å²) >= 11 is 2.62. The third kappa shape index (κ3) is 6.49. The van der Waals surface area contributed by atoms with Crippen molar-refractivity contribution < 1.29 is 4.74 Å². The summed E-state index contributed by atoms with van der Waals surface area (Å²) in [5.41, 5.74) is 0. The summed E-state index contributed by atoms with van der Waals surface area (Å²) in [4.78, 5) is 0. The molecule has 0 atom stereocenters. The van der Waals surface area contributed by atoms with Crippen LogP contribution in [0.5, 0.6) is 0 Å². The summed E-state index contributed by atoms with van der Waals surface area (Å²) in [5.74, 6) is 0. The maximum atomic E-state index is 5.11. The van der Waals surface area contributed by atoms with Crippen molar-refractivity contribution in [1.29, 1.82) is 0 Å². The first-order valence-corrected chi connectivity index (χ1v) is 3.51. The topological polar surface area (TPSA) is 9.23 Å². The molecule has 0 heterocycles. The number of rotatable bonds is 4. The quantitative estimate of drug-likeness (QED) is 0.391. The zero-order valence-corrected chi connectivity index (χ0v) is 5.97. The molecule has 0 unspecified atom stereocenters. The van der Waals surface area contributed by atoms with Gasteiger partial charge in [-0.25, -0.2) is 0 Å². The Kier molecular flexibility index (Phi) is 6.95. The van der Waals surface area contributed by atoms with Gasteiger partial charge in [0.25, 0.3) is 0 Å². The molecule has 0 bridgehead atoms. The van der Waals surface area contributed by atoms with Crippen LogP contribution in [0.4, 0.5) is 0 Å². The Bertz CT molecular complexity index is 27.3. The van der Waals surface area contributed by atoms with E-state index >= 15 is 0 Å². The molecule has 0 aliphatic heterocycles. The molecular weight excluding hydrogens is 103 g/mol. The third-order valence-corrected chi connectivity index (χ3v) is 0.846. The molecule has 0 aromatic rings. The zero-order valence-electron chi connectivity index (χ0n) is 4.81. The van der Waals surface area contributed by atoms with Gasteiger partial charge < -0.3 is 0 Å². The number of hydrogen-bond donors (Lipinski definition) is 0. The minimum atomic E-state index is 0.887. The molecule has 0 fully saturated rings. The fourth-order valence-corrected chi connectivity index (χ4v) is 0.496. The van der Waals surface area contributed by atoms with E-state index in [1.54, 1.807) is 0 Å². The average molecular weight is 114 g/mol. The van der Waals surface area contributed by atoms with Crippen LogP contribution in [0.1, 0.15) is 13.3 Å². The van der Waals surface area contributed by atoms with Crippen LogP contribution in [0.2, 0.25) is 5.28 Å². The molecule has 0 aromatic heterocycles. The fourth-order valence-electron chi connectivity index (χ4n) is 0.330. The molecule has 7 heavy (non-hydrogen) atoms. The Balaban J connectivity index is 2.45. The maximum absolute atomic E-state index is 5.11. The second-order valence-electron chi connectivity index (χ2n) is 1.40. The van der Waals surface area contributed by atoms with Crippen LogP contribution in [0.25, 0.3) is 0 Å². The van der Waals surface area contributed by atoms with Gasteiger partial charge in [-0.1, -0.05) is 0 Å². The van der Waals surface area contributed by atoms with Gasteiger partial charge in [-0.2, -0.15) is 0 Å². The predicted octanol–water partition coefficient (Wildman–Crippen LogP) is 1.000. The van der Waals surface area contributed by atoms with Crippen LogP contribution in [-0.2, 0) is 4.74 Å². The van der Waals surface area contributed by atoms with Crippen molar-refractivity contribution >= 4 is 16.3 Å². The number of ether oxygens (including phenoxy) is 1. The van der Waals surface area contributed by atoms with Crippen molar-refractivity contribution in [1.82, 2.24) is 0 Å². The monoisotopic (exact) mass is 114 g/mol. The van der Waals surface area contributed by atoms with Gasteiger partial charge >= 0.3 is 52.9 Å². The molecule has 0 rings (SSSR count). The van der Waals surface area contributed by atoms with Crippen molar-refractivity contribution in [3.05, 3.63) is 0 Å². The molecule has 0 saturated carbocycles.